The van der Waals surface area contributed by atoms with Gasteiger partial charge in [0.2, 0.25) is 0 Å². The molecule has 0 bridgehead atoms. The quantitative estimate of drug-likeness (QED) is 0.644. The van der Waals surface area contributed by atoms with Crippen LogP contribution >= 0.6 is 0 Å². The second kappa shape index (κ2) is 8.01. The van der Waals surface area contributed by atoms with E-state index in [1.54, 1.807) is 19.2 Å². The normalized spacial score (nSPS) is 21.0. The molecule has 0 atom stereocenters. The SMILES string of the molecule is COc1ccc(C2CCC(N=C(N)Nc3ccc(F)cc3)CC2)cc1. The number of nitrogens with one attached hydrogen (secondary N) is 1. The Hall–Kier alpha value is -2.56. The van der Waals surface area contributed by atoms with Gasteiger partial charge in [0.25, 0.3) is 0 Å². The number of halogens is 1. The third-order valence-corrected chi connectivity index (χ3v) is 4.72. The molecule has 25 heavy (non-hydrogen) atoms. The summed E-state index contributed by atoms with van der Waals surface area (Å²) in [7, 11) is 1.68. The van der Waals surface area contributed by atoms with Crippen LogP contribution in [0, 0.1) is 5.82 Å². The van der Waals surface area contributed by atoms with Crippen LogP contribution in [-0.2, 0) is 0 Å². The molecular weight excluding hydrogens is 317 g/mol. The van der Waals surface area contributed by atoms with Gasteiger partial charge >= 0.3 is 0 Å². The lowest BCUT2D eigenvalue weighted by Gasteiger charge is -2.27. The maximum absolute atomic E-state index is 12.9. The van der Waals surface area contributed by atoms with Gasteiger partial charge in [0, 0.05) is 5.69 Å². The molecule has 0 aliphatic heterocycles. The van der Waals surface area contributed by atoms with E-state index < -0.39 is 0 Å². The maximum Gasteiger partial charge on any atom is 0.193 e. The molecule has 132 valence electrons. The van der Waals surface area contributed by atoms with Crippen LogP contribution in [0.4, 0.5) is 10.1 Å². The fraction of sp³-hybridized carbons (Fsp3) is 0.350. The molecule has 1 saturated carbocycles. The van der Waals surface area contributed by atoms with Crippen molar-refractivity contribution in [3.8, 4) is 5.75 Å². The Morgan fingerprint density at radius 3 is 2.28 bits per heavy atom. The second-order valence-electron chi connectivity index (χ2n) is 6.42. The highest BCUT2D eigenvalue weighted by Gasteiger charge is 2.22. The molecule has 4 nitrogen and oxygen atoms in total. The monoisotopic (exact) mass is 341 g/mol. The Balaban J connectivity index is 1.53. The first-order valence-corrected chi connectivity index (χ1v) is 8.64. The molecule has 3 N–H and O–H groups in total. The van der Waals surface area contributed by atoms with E-state index in [2.05, 4.69) is 22.4 Å². The minimum atomic E-state index is -0.266. The first-order chi connectivity index (χ1) is 12.1. The van der Waals surface area contributed by atoms with Gasteiger partial charge in [0.1, 0.15) is 11.6 Å². The van der Waals surface area contributed by atoms with Crippen molar-refractivity contribution in [1.29, 1.82) is 0 Å². The number of hydrogen-bond donors (Lipinski definition) is 2. The fourth-order valence-electron chi connectivity index (χ4n) is 3.32. The molecule has 0 heterocycles. The van der Waals surface area contributed by atoms with Crippen LogP contribution < -0.4 is 15.8 Å². The van der Waals surface area contributed by atoms with E-state index in [0.29, 0.717) is 11.9 Å². The van der Waals surface area contributed by atoms with Crippen molar-refractivity contribution >= 4 is 11.6 Å². The van der Waals surface area contributed by atoms with E-state index in [0.717, 1.165) is 37.1 Å². The summed E-state index contributed by atoms with van der Waals surface area (Å²) < 4.78 is 18.1. The average Bonchev–Trinajstić information content (AvgIpc) is 2.64. The van der Waals surface area contributed by atoms with Gasteiger partial charge in [-0.1, -0.05) is 12.1 Å². The molecule has 0 aromatic heterocycles. The lowest BCUT2D eigenvalue weighted by molar-refractivity contribution is 0.395. The van der Waals surface area contributed by atoms with Crippen LogP contribution in [0.15, 0.2) is 53.5 Å². The van der Waals surface area contributed by atoms with Gasteiger partial charge in [-0.3, -0.25) is 0 Å². The Kier molecular flexibility index (Phi) is 5.53. The minimum Gasteiger partial charge on any atom is -0.497 e. The number of nitrogens with two attached hydrogens (primary N) is 1. The molecule has 1 fully saturated rings. The minimum absolute atomic E-state index is 0.238. The zero-order chi connectivity index (χ0) is 17.6. The van der Waals surface area contributed by atoms with Crippen molar-refractivity contribution in [2.45, 2.75) is 37.6 Å². The number of methoxy groups -OCH3 is 1. The number of aliphatic imine (C=N–C) groups is 1. The zero-order valence-electron chi connectivity index (χ0n) is 14.4. The van der Waals surface area contributed by atoms with E-state index in [9.17, 15) is 4.39 Å². The molecular formula is C20H24FN3O. The first kappa shape index (κ1) is 17.3. The summed E-state index contributed by atoms with van der Waals surface area (Å²) in [6.45, 7) is 0. The molecule has 0 amide bonds. The van der Waals surface area contributed by atoms with Crippen LogP contribution in [0.3, 0.4) is 0 Å². The first-order valence-electron chi connectivity index (χ1n) is 8.64. The molecule has 0 spiro atoms. The molecule has 1 aliphatic carbocycles. The van der Waals surface area contributed by atoms with Gasteiger partial charge in [-0.05, 0) is 73.6 Å². The summed E-state index contributed by atoms with van der Waals surface area (Å²) >= 11 is 0. The summed E-state index contributed by atoms with van der Waals surface area (Å²) in [5, 5.41) is 3.02. The molecule has 5 heteroatoms. The van der Waals surface area contributed by atoms with Gasteiger partial charge in [0.15, 0.2) is 5.96 Å². The number of guanidine groups is 1. The van der Waals surface area contributed by atoms with Crippen LogP contribution in [-0.4, -0.2) is 19.1 Å². The predicted molar refractivity (Wildman–Crippen MR) is 99.6 cm³/mol. The molecule has 0 radical (unpaired) electrons. The summed E-state index contributed by atoms with van der Waals surface area (Å²) in [4.78, 5) is 4.58. The topological polar surface area (TPSA) is 59.6 Å². The number of ether oxygens (including phenoxy) is 1. The number of anilines is 1. The standard InChI is InChI=1S/C20H24FN3O/c1-25-19-12-4-15(5-13-19)14-2-8-17(9-3-14)23-20(22)24-18-10-6-16(21)7-11-18/h4-7,10-14,17H,2-3,8-9H2,1H3,(H3,22,23,24). The molecule has 2 aromatic carbocycles. The average molecular weight is 341 g/mol. The Bertz CT molecular complexity index is 705. The van der Waals surface area contributed by atoms with Crippen molar-refractivity contribution in [2.75, 3.05) is 12.4 Å². The molecule has 3 rings (SSSR count). The second-order valence-corrected chi connectivity index (χ2v) is 6.42. The van der Waals surface area contributed by atoms with Crippen LogP contribution in [0.2, 0.25) is 0 Å². The fourth-order valence-corrected chi connectivity index (χ4v) is 3.32. The lowest BCUT2D eigenvalue weighted by atomic mass is 9.82. The van der Waals surface area contributed by atoms with Crippen molar-refractivity contribution in [3.63, 3.8) is 0 Å². The van der Waals surface area contributed by atoms with Gasteiger partial charge in [-0.15, -0.1) is 0 Å². The smallest absolute Gasteiger partial charge is 0.193 e. The summed E-state index contributed by atoms with van der Waals surface area (Å²) in [5.41, 5.74) is 8.09. The van der Waals surface area contributed by atoms with E-state index >= 15 is 0 Å². The number of hydrogen-bond acceptors (Lipinski definition) is 2. The van der Waals surface area contributed by atoms with Crippen molar-refractivity contribution in [3.05, 3.63) is 59.9 Å². The summed E-state index contributed by atoms with van der Waals surface area (Å²) in [5.74, 6) is 1.59. The van der Waals surface area contributed by atoms with Crippen molar-refractivity contribution in [2.24, 2.45) is 10.7 Å². The van der Waals surface area contributed by atoms with Gasteiger partial charge < -0.3 is 15.8 Å². The summed E-state index contributed by atoms with van der Waals surface area (Å²) in [6.07, 6.45) is 4.24. The Labute approximate surface area is 147 Å². The van der Waals surface area contributed by atoms with Crippen LogP contribution in [0.25, 0.3) is 0 Å². The largest absolute Gasteiger partial charge is 0.497 e. The van der Waals surface area contributed by atoms with Crippen molar-refractivity contribution in [1.82, 2.24) is 0 Å². The molecule has 0 unspecified atom stereocenters. The van der Waals surface area contributed by atoms with Gasteiger partial charge in [0.05, 0.1) is 13.2 Å². The van der Waals surface area contributed by atoms with Crippen LogP contribution in [0.1, 0.15) is 37.2 Å². The Morgan fingerprint density at radius 1 is 1.04 bits per heavy atom. The Morgan fingerprint density at radius 2 is 1.68 bits per heavy atom. The highest BCUT2D eigenvalue weighted by Crippen LogP contribution is 2.34. The number of rotatable bonds is 4. The van der Waals surface area contributed by atoms with Gasteiger partial charge in [-0.25, -0.2) is 9.38 Å². The molecule has 2 aromatic rings. The number of nitrogens with zero attached hydrogens (tertiary/aromatic N) is 1. The third kappa shape index (κ3) is 4.72. The maximum atomic E-state index is 12.9. The zero-order valence-corrected chi connectivity index (χ0v) is 14.4. The third-order valence-electron chi connectivity index (χ3n) is 4.72. The highest BCUT2D eigenvalue weighted by atomic mass is 19.1. The highest BCUT2D eigenvalue weighted by molar-refractivity contribution is 5.92. The van der Waals surface area contributed by atoms with Crippen molar-refractivity contribution < 1.29 is 9.13 Å². The lowest BCUT2D eigenvalue weighted by Crippen LogP contribution is -2.26. The van der Waals surface area contributed by atoms with E-state index in [-0.39, 0.29) is 11.9 Å². The van der Waals surface area contributed by atoms with E-state index in [1.807, 2.05) is 12.1 Å². The molecule has 1 aliphatic rings. The van der Waals surface area contributed by atoms with Gasteiger partial charge in [-0.2, -0.15) is 0 Å². The number of benzene rings is 2. The van der Waals surface area contributed by atoms with E-state index in [4.69, 9.17) is 10.5 Å². The van der Waals surface area contributed by atoms with Crippen LogP contribution in [0.5, 0.6) is 5.75 Å². The summed E-state index contributed by atoms with van der Waals surface area (Å²) in [6, 6.07) is 14.7. The molecule has 0 saturated heterocycles. The predicted octanol–water partition coefficient (Wildman–Crippen LogP) is 4.29. The van der Waals surface area contributed by atoms with E-state index in [1.165, 1.54) is 17.7 Å².